The standard InChI is InChI=1S/C7H11BrF2Si/c1-11(2,3)5-7(10)6(9)4-8/h4-5H,1-3H3. The third-order valence-electron chi connectivity index (χ3n) is 0.884. The Balaban J connectivity index is 4.48. The molecular weight excluding hydrogens is 230 g/mol. The van der Waals surface area contributed by atoms with E-state index in [-0.39, 0.29) is 0 Å². The largest absolute Gasteiger partial charge is 0.205 e. The van der Waals surface area contributed by atoms with Crippen molar-refractivity contribution < 1.29 is 8.78 Å². The van der Waals surface area contributed by atoms with Gasteiger partial charge in [0.05, 0.1) is 8.07 Å². The molecule has 0 atom stereocenters. The molecular formula is C7H11BrF2Si. The molecule has 0 unspecified atom stereocenters. The van der Waals surface area contributed by atoms with Gasteiger partial charge in [0.15, 0.2) is 11.7 Å². The van der Waals surface area contributed by atoms with E-state index in [0.717, 1.165) is 4.99 Å². The van der Waals surface area contributed by atoms with Crippen molar-refractivity contribution in [2.24, 2.45) is 0 Å². The van der Waals surface area contributed by atoms with E-state index < -0.39 is 19.7 Å². The lowest BCUT2D eigenvalue weighted by Crippen LogP contribution is -2.16. The molecule has 0 radical (unpaired) electrons. The SMILES string of the molecule is C[Si](C)(C)C=C(F)C(F)=CBr. The van der Waals surface area contributed by atoms with Crippen LogP contribution in [-0.2, 0) is 0 Å². The summed E-state index contributed by atoms with van der Waals surface area (Å²) in [6.07, 6.45) is 0. The molecule has 0 nitrogen and oxygen atoms in total. The molecule has 0 saturated carbocycles. The highest BCUT2D eigenvalue weighted by Gasteiger charge is 2.13. The Morgan fingerprint density at radius 3 is 1.91 bits per heavy atom. The molecule has 0 N–H and O–H groups in total. The van der Waals surface area contributed by atoms with Crippen LogP contribution in [0.4, 0.5) is 8.78 Å². The smallest absolute Gasteiger partial charge is 0.164 e. The van der Waals surface area contributed by atoms with E-state index in [1.165, 1.54) is 5.70 Å². The average molecular weight is 241 g/mol. The summed E-state index contributed by atoms with van der Waals surface area (Å²) in [7, 11) is -1.64. The molecule has 0 aliphatic carbocycles. The number of allylic oxidation sites excluding steroid dienone is 2. The summed E-state index contributed by atoms with van der Waals surface area (Å²) in [6.45, 7) is 5.82. The average Bonchev–Trinajstić information content (AvgIpc) is 1.82. The fourth-order valence-electron chi connectivity index (χ4n) is 0.501. The maximum absolute atomic E-state index is 12.7. The second-order valence-electron chi connectivity index (χ2n) is 3.32. The van der Waals surface area contributed by atoms with E-state index in [1.807, 2.05) is 19.6 Å². The molecule has 0 fully saturated rings. The van der Waals surface area contributed by atoms with Crippen molar-refractivity contribution in [3.63, 3.8) is 0 Å². The van der Waals surface area contributed by atoms with Crippen LogP contribution in [-0.4, -0.2) is 8.07 Å². The number of halogens is 3. The van der Waals surface area contributed by atoms with Crippen molar-refractivity contribution in [1.29, 1.82) is 0 Å². The van der Waals surface area contributed by atoms with Crippen molar-refractivity contribution in [1.82, 2.24) is 0 Å². The lowest BCUT2D eigenvalue weighted by Gasteiger charge is -2.08. The minimum absolute atomic E-state index is 0.763. The van der Waals surface area contributed by atoms with Crippen molar-refractivity contribution in [3.05, 3.63) is 22.3 Å². The predicted molar refractivity (Wildman–Crippen MR) is 50.7 cm³/mol. The molecule has 0 heterocycles. The molecule has 0 aromatic carbocycles. The highest BCUT2D eigenvalue weighted by atomic mass is 79.9. The molecule has 11 heavy (non-hydrogen) atoms. The zero-order chi connectivity index (χ0) is 9.07. The zero-order valence-corrected chi connectivity index (χ0v) is 9.37. The highest BCUT2D eigenvalue weighted by Crippen LogP contribution is 2.18. The molecule has 0 saturated heterocycles. The first-order valence-corrected chi connectivity index (χ1v) is 7.71. The molecule has 0 aliphatic heterocycles. The summed E-state index contributed by atoms with van der Waals surface area (Å²) in [4.78, 5) is 0.943. The number of rotatable bonds is 2. The van der Waals surface area contributed by atoms with E-state index in [0.29, 0.717) is 0 Å². The molecule has 0 bridgehead atoms. The van der Waals surface area contributed by atoms with Crippen LogP contribution < -0.4 is 0 Å². The van der Waals surface area contributed by atoms with Crippen LogP contribution in [0, 0.1) is 0 Å². The van der Waals surface area contributed by atoms with Crippen LogP contribution >= 0.6 is 15.9 Å². The molecule has 0 aromatic heterocycles. The van der Waals surface area contributed by atoms with Gasteiger partial charge in [0.1, 0.15) is 0 Å². The van der Waals surface area contributed by atoms with Gasteiger partial charge in [0.25, 0.3) is 0 Å². The third kappa shape index (κ3) is 5.32. The lowest BCUT2D eigenvalue weighted by atomic mass is 10.5. The van der Waals surface area contributed by atoms with Crippen LogP contribution in [0.3, 0.4) is 0 Å². The Hall–Kier alpha value is 0.0369. The van der Waals surface area contributed by atoms with Gasteiger partial charge >= 0.3 is 0 Å². The summed E-state index contributed by atoms with van der Waals surface area (Å²) in [5.41, 5.74) is 1.38. The quantitative estimate of drug-likeness (QED) is 0.507. The molecule has 4 heteroatoms. The Labute approximate surface area is 75.1 Å². The third-order valence-corrected chi connectivity index (χ3v) is 2.41. The summed E-state index contributed by atoms with van der Waals surface area (Å²) in [5.74, 6) is -1.60. The molecule has 0 aromatic rings. The maximum atomic E-state index is 12.7. The van der Waals surface area contributed by atoms with E-state index in [4.69, 9.17) is 0 Å². The van der Waals surface area contributed by atoms with Gasteiger partial charge in [-0.3, -0.25) is 0 Å². The van der Waals surface area contributed by atoms with Gasteiger partial charge in [0.2, 0.25) is 0 Å². The molecule has 0 rings (SSSR count). The van der Waals surface area contributed by atoms with Gasteiger partial charge in [-0.2, -0.15) is 0 Å². The van der Waals surface area contributed by atoms with Crippen LogP contribution in [0.25, 0.3) is 0 Å². The summed E-state index contributed by atoms with van der Waals surface area (Å²) in [6, 6.07) is 0. The second kappa shape index (κ2) is 4.16. The van der Waals surface area contributed by atoms with Gasteiger partial charge in [-0.15, -0.1) is 0 Å². The fourth-order valence-corrected chi connectivity index (χ4v) is 1.62. The van der Waals surface area contributed by atoms with Crippen molar-refractivity contribution in [2.75, 3.05) is 0 Å². The maximum Gasteiger partial charge on any atom is 0.164 e. The van der Waals surface area contributed by atoms with Crippen molar-refractivity contribution in [3.8, 4) is 0 Å². The van der Waals surface area contributed by atoms with Crippen LogP contribution in [0.1, 0.15) is 0 Å². The minimum Gasteiger partial charge on any atom is -0.205 e. The number of hydrogen-bond donors (Lipinski definition) is 0. The summed E-state index contributed by atoms with van der Waals surface area (Å²) < 4.78 is 25.2. The highest BCUT2D eigenvalue weighted by molar-refractivity contribution is 9.11. The van der Waals surface area contributed by atoms with Crippen LogP contribution in [0.2, 0.25) is 19.6 Å². The Kier molecular flexibility index (Phi) is 4.17. The second-order valence-corrected chi connectivity index (χ2v) is 8.79. The van der Waals surface area contributed by atoms with E-state index >= 15 is 0 Å². The minimum atomic E-state index is -1.64. The monoisotopic (exact) mass is 240 g/mol. The first-order valence-electron chi connectivity index (χ1n) is 3.21. The van der Waals surface area contributed by atoms with Gasteiger partial charge in [0, 0.05) is 4.99 Å². The van der Waals surface area contributed by atoms with Crippen molar-refractivity contribution in [2.45, 2.75) is 19.6 Å². The van der Waals surface area contributed by atoms with E-state index in [9.17, 15) is 8.78 Å². The van der Waals surface area contributed by atoms with Crippen LogP contribution in [0.15, 0.2) is 22.3 Å². The van der Waals surface area contributed by atoms with E-state index in [2.05, 4.69) is 15.9 Å². The van der Waals surface area contributed by atoms with E-state index in [1.54, 1.807) is 0 Å². The van der Waals surface area contributed by atoms with Crippen molar-refractivity contribution >= 4 is 24.0 Å². The normalized spacial score (nSPS) is 15.5. The topological polar surface area (TPSA) is 0 Å². The zero-order valence-electron chi connectivity index (χ0n) is 6.79. The van der Waals surface area contributed by atoms with Gasteiger partial charge in [-0.05, 0) is 0 Å². The number of hydrogen-bond acceptors (Lipinski definition) is 0. The molecule has 64 valence electrons. The lowest BCUT2D eigenvalue weighted by molar-refractivity contribution is 0.548. The Bertz CT molecular complexity index is 191. The Morgan fingerprint density at radius 2 is 1.64 bits per heavy atom. The first kappa shape index (κ1) is 11.0. The summed E-state index contributed by atoms with van der Waals surface area (Å²) >= 11 is 2.72. The van der Waals surface area contributed by atoms with Gasteiger partial charge in [-0.1, -0.05) is 41.3 Å². The Morgan fingerprint density at radius 1 is 1.18 bits per heavy atom. The molecule has 0 amide bonds. The molecule has 0 aliphatic rings. The van der Waals surface area contributed by atoms with Gasteiger partial charge < -0.3 is 0 Å². The van der Waals surface area contributed by atoms with Crippen LogP contribution in [0.5, 0.6) is 0 Å². The summed E-state index contributed by atoms with van der Waals surface area (Å²) in [5, 5.41) is 0. The fraction of sp³-hybridized carbons (Fsp3) is 0.429. The van der Waals surface area contributed by atoms with Gasteiger partial charge in [-0.25, -0.2) is 8.78 Å². The molecule has 0 spiro atoms. The first-order chi connectivity index (χ1) is 4.87. The predicted octanol–water partition coefficient (Wildman–Crippen LogP) is 3.92.